The largest absolute Gasteiger partial charge is 1.00 e. The molecule has 136 valence electrons. The van der Waals surface area contributed by atoms with Gasteiger partial charge < -0.3 is 14.5 Å². The Morgan fingerprint density at radius 3 is 2.33 bits per heavy atom. The molecule has 0 amide bonds. The SMILES string of the molecule is Cc1c(Cc2ccc(S(C)(=O)=O)cc2)c2cc(F)ccc2n1CC(=O)[O-].[K+]. The Balaban J connectivity index is 0.00000261. The fraction of sp³-hybridized carbons (Fsp3) is 0.211. The van der Waals surface area contributed by atoms with E-state index >= 15 is 0 Å². The molecular weight excluding hydrogens is 396 g/mol. The van der Waals surface area contributed by atoms with E-state index in [1.54, 1.807) is 29.7 Å². The van der Waals surface area contributed by atoms with Gasteiger partial charge in [0.05, 0.1) is 17.4 Å². The number of hydrogen-bond donors (Lipinski definition) is 0. The number of sulfone groups is 1. The molecule has 5 nitrogen and oxygen atoms in total. The van der Waals surface area contributed by atoms with Crippen LogP contribution >= 0.6 is 0 Å². The molecule has 2 aromatic carbocycles. The average molecular weight is 414 g/mol. The van der Waals surface area contributed by atoms with E-state index in [2.05, 4.69) is 0 Å². The van der Waals surface area contributed by atoms with Gasteiger partial charge in [0.15, 0.2) is 9.84 Å². The molecule has 0 radical (unpaired) electrons. The third kappa shape index (κ3) is 4.88. The first-order valence-corrected chi connectivity index (χ1v) is 9.82. The number of carboxylic acids is 1. The van der Waals surface area contributed by atoms with E-state index < -0.39 is 21.6 Å². The zero-order valence-electron chi connectivity index (χ0n) is 15.3. The van der Waals surface area contributed by atoms with Gasteiger partial charge in [0.25, 0.3) is 0 Å². The number of carbonyl (C=O) groups is 1. The van der Waals surface area contributed by atoms with E-state index in [9.17, 15) is 22.7 Å². The van der Waals surface area contributed by atoms with Crippen LogP contribution in [0.5, 0.6) is 0 Å². The van der Waals surface area contributed by atoms with E-state index in [-0.39, 0.29) is 62.8 Å². The van der Waals surface area contributed by atoms with Crippen molar-refractivity contribution in [2.75, 3.05) is 6.26 Å². The standard InChI is InChI=1S/C19H18FNO4S.K/c1-12-16(9-13-3-6-15(7-4-13)26(2,24)25)17-10-14(20)5-8-18(17)21(12)11-19(22)23;/h3-8,10H,9,11H2,1-2H3,(H,22,23);/q;+1/p-1. The minimum Gasteiger partial charge on any atom is -0.548 e. The summed E-state index contributed by atoms with van der Waals surface area (Å²) in [7, 11) is -3.28. The molecular formula is C19H17FKNO4S. The predicted molar refractivity (Wildman–Crippen MR) is 94.0 cm³/mol. The Hall–Kier alpha value is -1.03. The summed E-state index contributed by atoms with van der Waals surface area (Å²) in [5.41, 5.74) is 2.97. The van der Waals surface area contributed by atoms with Gasteiger partial charge in [-0.05, 0) is 54.8 Å². The second-order valence-corrected chi connectivity index (χ2v) is 8.29. The van der Waals surface area contributed by atoms with E-state index in [0.29, 0.717) is 23.0 Å². The van der Waals surface area contributed by atoms with Crippen molar-refractivity contribution in [3.63, 3.8) is 0 Å². The van der Waals surface area contributed by atoms with Gasteiger partial charge in [0.2, 0.25) is 0 Å². The van der Waals surface area contributed by atoms with Crippen molar-refractivity contribution in [2.45, 2.75) is 24.8 Å². The molecule has 3 rings (SSSR count). The molecule has 1 aromatic heterocycles. The Morgan fingerprint density at radius 1 is 1.15 bits per heavy atom. The van der Waals surface area contributed by atoms with Crippen LogP contribution in [-0.2, 0) is 27.6 Å². The third-order valence-electron chi connectivity index (χ3n) is 4.44. The summed E-state index contributed by atoms with van der Waals surface area (Å²) in [5.74, 6) is -1.63. The zero-order chi connectivity index (χ0) is 19.1. The molecule has 0 spiro atoms. The molecule has 8 heteroatoms. The summed E-state index contributed by atoms with van der Waals surface area (Å²) in [6.45, 7) is 1.46. The van der Waals surface area contributed by atoms with Crippen LogP contribution in [0.2, 0.25) is 0 Å². The number of rotatable bonds is 5. The average Bonchev–Trinajstić information content (AvgIpc) is 2.79. The summed E-state index contributed by atoms with van der Waals surface area (Å²) in [6, 6.07) is 10.7. The molecule has 1 heterocycles. The zero-order valence-corrected chi connectivity index (χ0v) is 19.3. The number of carbonyl (C=O) groups excluding carboxylic acids is 1. The first-order valence-electron chi connectivity index (χ1n) is 7.93. The summed E-state index contributed by atoms with van der Waals surface area (Å²) in [4.78, 5) is 11.3. The molecule has 0 fully saturated rings. The van der Waals surface area contributed by atoms with Gasteiger partial charge in [-0.1, -0.05) is 12.1 Å². The summed E-state index contributed by atoms with van der Waals surface area (Å²) in [6.07, 6.45) is 1.57. The maximum atomic E-state index is 13.7. The summed E-state index contributed by atoms with van der Waals surface area (Å²) in [5, 5.41) is 11.7. The monoisotopic (exact) mass is 413 g/mol. The van der Waals surface area contributed by atoms with Gasteiger partial charge in [-0.2, -0.15) is 0 Å². The number of nitrogens with zero attached hydrogens (tertiary/aromatic N) is 1. The topological polar surface area (TPSA) is 79.2 Å². The molecule has 0 saturated carbocycles. The number of aromatic nitrogens is 1. The van der Waals surface area contributed by atoms with Gasteiger partial charge in [-0.15, -0.1) is 0 Å². The van der Waals surface area contributed by atoms with Crippen LogP contribution in [-0.4, -0.2) is 25.2 Å². The van der Waals surface area contributed by atoms with E-state index in [0.717, 1.165) is 17.4 Å². The van der Waals surface area contributed by atoms with Crippen LogP contribution in [0.3, 0.4) is 0 Å². The third-order valence-corrected chi connectivity index (χ3v) is 5.56. The van der Waals surface area contributed by atoms with Crippen molar-refractivity contribution in [3.8, 4) is 0 Å². The fourth-order valence-electron chi connectivity index (χ4n) is 3.14. The maximum Gasteiger partial charge on any atom is 1.00 e. The van der Waals surface area contributed by atoms with Gasteiger partial charge >= 0.3 is 51.4 Å². The minimum absolute atomic E-state index is 0. The minimum atomic E-state index is -3.28. The maximum absolute atomic E-state index is 13.7. The molecule has 0 bridgehead atoms. The molecule has 0 aliphatic heterocycles. The van der Waals surface area contributed by atoms with E-state index in [1.807, 2.05) is 0 Å². The first kappa shape index (κ1) is 22.3. The first-order chi connectivity index (χ1) is 12.2. The quantitative estimate of drug-likeness (QED) is 0.494. The van der Waals surface area contributed by atoms with Crippen molar-refractivity contribution in [3.05, 3.63) is 65.1 Å². The van der Waals surface area contributed by atoms with Crippen LogP contribution in [0.4, 0.5) is 4.39 Å². The van der Waals surface area contributed by atoms with Gasteiger partial charge in [0.1, 0.15) is 5.82 Å². The Morgan fingerprint density at radius 2 is 1.78 bits per heavy atom. The van der Waals surface area contributed by atoms with Crippen LogP contribution in [0.25, 0.3) is 10.9 Å². The number of halogens is 1. The molecule has 0 aliphatic rings. The van der Waals surface area contributed by atoms with Gasteiger partial charge in [0, 0.05) is 22.9 Å². The van der Waals surface area contributed by atoms with Crippen LogP contribution in [0, 0.1) is 12.7 Å². The molecule has 3 aromatic rings. The number of hydrogen-bond acceptors (Lipinski definition) is 4. The van der Waals surface area contributed by atoms with Gasteiger partial charge in [-0.25, -0.2) is 12.8 Å². The summed E-state index contributed by atoms with van der Waals surface area (Å²) >= 11 is 0. The Kier molecular flexibility index (Phi) is 7.04. The van der Waals surface area contributed by atoms with Crippen LogP contribution in [0.1, 0.15) is 16.8 Å². The molecule has 0 aliphatic carbocycles. The van der Waals surface area contributed by atoms with E-state index in [1.165, 1.54) is 24.3 Å². The van der Waals surface area contributed by atoms with Crippen LogP contribution in [0.15, 0.2) is 47.4 Å². The molecule has 27 heavy (non-hydrogen) atoms. The molecule has 0 atom stereocenters. The van der Waals surface area contributed by atoms with E-state index in [4.69, 9.17) is 0 Å². The summed E-state index contributed by atoms with van der Waals surface area (Å²) < 4.78 is 38.5. The second kappa shape index (κ2) is 8.54. The Bertz CT molecular complexity index is 1100. The normalized spacial score (nSPS) is 11.4. The van der Waals surface area contributed by atoms with Gasteiger partial charge in [-0.3, -0.25) is 0 Å². The number of benzene rings is 2. The predicted octanol–water partition coefficient (Wildman–Crippen LogP) is -1.16. The van der Waals surface area contributed by atoms with Crippen molar-refractivity contribution in [1.82, 2.24) is 4.57 Å². The van der Waals surface area contributed by atoms with Crippen molar-refractivity contribution in [1.29, 1.82) is 0 Å². The second-order valence-electron chi connectivity index (χ2n) is 6.28. The van der Waals surface area contributed by atoms with Crippen molar-refractivity contribution < 1.29 is 74.1 Å². The molecule has 0 saturated heterocycles. The number of carboxylic acid groups (broad SMARTS) is 1. The smallest absolute Gasteiger partial charge is 0.548 e. The fourth-order valence-corrected chi connectivity index (χ4v) is 3.77. The molecule has 0 N–H and O–H groups in total. The Labute approximate surface area is 199 Å². The van der Waals surface area contributed by atoms with Crippen molar-refractivity contribution >= 4 is 26.7 Å². The van der Waals surface area contributed by atoms with Crippen molar-refractivity contribution in [2.24, 2.45) is 0 Å². The van der Waals surface area contributed by atoms with Crippen LogP contribution < -0.4 is 56.5 Å². The molecule has 0 unspecified atom stereocenters. The number of fused-ring (bicyclic) bond motifs is 1. The number of aliphatic carboxylic acids is 1.